The molecular formula is C14H13F4NS. The van der Waals surface area contributed by atoms with E-state index in [2.05, 4.69) is 5.32 Å². The Kier molecular flexibility index (Phi) is 4.45. The van der Waals surface area contributed by atoms with E-state index >= 15 is 0 Å². The fourth-order valence-corrected chi connectivity index (χ4v) is 2.58. The first-order valence-electron chi connectivity index (χ1n) is 5.98. The molecule has 1 N–H and O–H groups in total. The largest absolute Gasteiger partial charge is 0.416 e. The van der Waals surface area contributed by atoms with Crippen LogP contribution in [0.25, 0.3) is 0 Å². The summed E-state index contributed by atoms with van der Waals surface area (Å²) >= 11 is 1.55. The SMILES string of the molecule is CC(NCc1cc(F)cc(C(F)(F)F)c1)c1ccsc1. The summed E-state index contributed by atoms with van der Waals surface area (Å²) < 4.78 is 51.0. The maximum Gasteiger partial charge on any atom is 0.416 e. The summed E-state index contributed by atoms with van der Waals surface area (Å²) in [5.41, 5.74) is 0.374. The zero-order chi connectivity index (χ0) is 14.8. The highest BCUT2D eigenvalue weighted by atomic mass is 32.1. The van der Waals surface area contributed by atoms with Gasteiger partial charge in [0.1, 0.15) is 5.82 Å². The van der Waals surface area contributed by atoms with Crippen molar-refractivity contribution in [2.75, 3.05) is 0 Å². The second-order valence-electron chi connectivity index (χ2n) is 4.51. The number of benzene rings is 1. The Hall–Kier alpha value is -1.40. The quantitative estimate of drug-likeness (QED) is 0.803. The van der Waals surface area contributed by atoms with Crippen LogP contribution in [0.3, 0.4) is 0 Å². The second-order valence-corrected chi connectivity index (χ2v) is 5.29. The first-order valence-corrected chi connectivity index (χ1v) is 6.92. The third kappa shape index (κ3) is 3.80. The zero-order valence-electron chi connectivity index (χ0n) is 10.7. The molecule has 1 heterocycles. The lowest BCUT2D eigenvalue weighted by atomic mass is 10.1. The lowest BCUT2D eigenvalue weighted by molar-refractivity contribution is -0.137. The summed E-state index contributed by atoms with van der Waals surface area (Å²) in [6.07, 6.45) is -4.53. The maximum absolute atomic E-state index is 13.2. The molecule has 0 amide bonds. The van der Waals surface area contributed by atoms with Crippen LogP contribution in [0.2, 0.25) is 0 Å². The van der Waals surface area contributed by atoms with Crippen molar-refractivity contribution in [3.8, 4) is 0 Å². The highest BCUT2D eigenvalue weighted by Gasteiger charge is 2.31. The van der Waals surface area contributed by atoms with Crippen LogP contribution in [0.1, 0.15) is 29.7 Å². The summed E-state index contributed by atoms with van der Waals surface area (Å²) in [5.74, 6) is -0.875. The lowest BCUT2D eigenvalue weighted by Gasteiger charge is -2.14. The minimum absolute atomic E-state index is 0.00106. The second kappa shape index (κ2) is 5.93. The number of hydrogen-bond acceptors (Lipinski definition) is 2. The van der Waals surface area contributed by atoms with Crippen molar-refractivity contribution in [2.45, 2.75) is 25.7 Å². The zero-order valence-corrected chi connectivity index (χ0v) is 11.5. The van der Waals surface area contributed by atoms with Crippen LogP contribution in [0.15, 0.2) is 35.0 Å². The first-order chi connectivity index (χ1) is 9.36. The molecule has 1 atom stereocenters. The molecule has 2 aromatic rings. The van der Waals surface area contributed by atoms with Crippen LogP contribution in [0.5, 0.6) is 0 Å². The van der Waals surface area contributed by atoms with Crippen LogP contribution < -0.4 is 5.32 Å². The fourth-order valence-electron chi connectivity index (χ4n) is 1.83. The third-order valence-corrected chi connectivity index (χ3v) is 3.64. The van der Waals surface area contributed by atoms with Crippen molar-refractivity contribution in [1.82, 2.24) is 5.32 Å². The molecule has 1 aromatic heterocycles. The van der Waals surface area contributed by atoms with Gasteiger partial charge in [-0.2, -0.15) is 24.5 Å². The van der Waals surface area contributed by atoms with E-state index in [0.29, 0.717) is 6.07 Å². The van der Waals surface area contributed by atoms with Crippen LogP contribution in [-0.4, -0.2) is 0 Å². The fraction of sp³-hybridized carbons (Fsp3) is 0.286. The Morgan fingerprint density at radius 1 is 1.25 bits per heavy atom. The van der Waals surface area contributed by atoms with Crippen molar-refractivity contribution >= 4 is 11.3 Å². The van der Waals surface area contributed by atoms with E-state index in [1.807, 2.05) is 23.8 Å². The van der Waals surface area contributed by atoms with Crippen molar-refractivity contribution in [1.29, 1.82) is 0 Å². The number of halogens is 4. The lowest BCUT2D eigenvalue weighted by Crippen LogP contribution is -2.18. The summed E-state index contributed by atoms with van der Waals surface area (Å²) in [4.78, 5) is 0. The molecule has 0 aliphatic heterocycles. The number of hydrogen-bond donors (Lipinski definition) is 1. The van der Waals surface area contributed by atoms with Crippen LogP contribution in [-0.2, 0) is 12.7 Å². The van der Waals surface area contributed by atoms with Crippen molar-refractivity contribution in [3.05, 3.63) is 57.5 Å². The van der Waals surface area contributed by atoms with Gasteiger partial charge in [-0.25, -0.2) is 4.39 Å². The van der Waals surface area contributed by atoms with Gasteiger partial charge in [0.05, 0.1) is 5.56 Å². The van der Waals surface area contributed by atoms with E-state index in [9.17, 15) is 17.6 Å². The smallest absolute Gasteiger partial charge is 0.306 e. The Labute approximate surface area is 118 Å². The number of thiophene rings is 1. The molecule has 0 fully saturated rings. The molecule has 0 spiro atoms. The van der Waals surface area contributed by atoms with Crippen molar-refractivity contribution in [3.63, 3.8) is 0 Å². The van der Waals surface area contributed by atoms with E-state index in [-0.39, 0.29) is 18.2 Å². The van der Waals surface area contributed by atoms with Crippen molar-refractivity contribution < 1.29 is 17.6 Å². The molecule has 0 saturated carbocycles. The van der Waals surface area contributed by atoms with Gasteiger partial charge in [-0.05, 0) is 53.1 Å². The molecule has 6 heteroatoms. The van der Waals surface area contributed by atoms with Crippen LogP contribution >= 0.6 is 11.3 Å². The minimum Gasteiger partial charge on any atom is -0.306 e. The molecule has 108 valence electrons. The van der Waals surface area contributed by atoms with Gasteiger partial charge in [0.15, 0.2) is 0 Å². The normalized spacial score (nSPS) is 13.4. The standard InChI is InChI=1S/C14H13F4NS/c1-9(11-2-3-20-8-11)19-7-10-4-12(14(16,17)18)6-13(15)5-10/h2-6,8-9,19H,7H2,1H3. The molecule has 2 rings (SSSR count). The van der Waals surface area contributed by atoms with Gasteiger partial charge < -0.3 is 5.32 Å². The summed E-state index contributed by atoms with van der Waals surface area (Å²) in [6.45, 7) is 2.09. The van der Waals surface area contributed by atoms with Gasteiger partial charge in [0.2, 0.25) is 0 Å². The predicted molar refractivity (Wildman–Crippen MR) is 71.0 cm³/mol. The Morgan fingerprint density at radius 3 is 2.60 bits per heavy atom. The van der Waals surface area contributed by atoms with Gasteiger partial charge in [0, 0.05) is 12.6 Å². The molecule has 0 aliphatic carbocycles. The van der Waals surface area contributed by atoms with Crippen LogP contribution in [0.4, 0.5) is 17.6 Å². The number of rotatable bonds is 4. The summed E-state index contributed by atoms with van der Waals surface area (Å²) in [6, 6.07) is 4.53. The molecule has 1 aromatic carbocycles. The van der Waals surface area contributed by atoms with E-state index < -0.39 is 17.6 Å². The number of alkyl halides is 3. The Bertz CT molecular complexity index is 563. The highest BCUT2D eigenvalue weighted by molar-refractivity contribution is 7.07. The Balaban J connectivity index is 2.08. The maximum atomic E-state index is 13.2. The molecular weight excluding hydrogens is 290 g/mol. The topological polar surface area (TPSA) is 12.0 Å². The van der Waals surface area contributed by atoms with Crippen LogP contribution in [0, 0.1) is 5.82 Å². The minimum atomic E-state index is -4.53. The van der Waals surface area contributed by atoms with E-state index in [1.165, 1.54) is 0 Å². The molecule has 0 radical (unpaired) electrons. The molecule has 0 aliphatic rings. The summed E-state index contributed by atoms with van der Waals surface area (Å²) in [5, 5.41) is 6.97. The molecule has 20 heavy (non-hydrogen) atoms. The van der Waals surface area contributed by atoms with Gasteiger partial charge in [-0.15, -0.1) is 0 Å². The first kappa shape index (κ1) is 15.0. The monoisotopic (exact) mass is 303 g/mol. The predicted octanol–water partition coefficient (Wildman–Crippen LogP) is 4.76. The van der Waals surface area contributed by atoms with E-state index in [4.69, 9.17) is 0 Å². The molecule has 0 saturated heterocycles. The molecule has 0 bridgehead atoms. The molecule has 1 nitrogen and oxygen atoms in total. The van der Waals surface area contributed by atoms with E-state index in [1.54, 1.807) is 11.3 Å². The third-order valence-electron chi connectivity index (χ3n) is 2.94. The number of nitrogens with one attached hydrogen (secondary N) is 1. The average Bonchev–Trinajstić information content (AvgIpc) is 2.88. The van der Waals surface area contributed by atoms with Gasteiger partial charge >= 0.3 is 6.18 Å². The van der Waals surface area contributed by atoms with E-state index in [0.717, 1.165) is 17.7 Å². The van der Waals surface area contributed by atoms with Crippen molar-refractivity contribution in [2.24, 2.45) is 0 Å². The van der Waals surface area contributed by atoms with Gasteiger partial charge in [0.25, 0.3) is 0 Å². The summed E-state index contributed by atoms with van der Waals surface area (Å²) in [7, 11) is 0. The van der Waals surface area contributed by atoms with Gasteiger partial charge in [-0.3, -0.25) is 0 Å². The molecule has 1 unspecified atom stereocenters. The Morgan fingerprint density at radius 2 is 2.00 bits per heavy atom. The highest BCUT2D eigenvalue weighted by Crippen LogP contribution is 2.30. The average molecular weight is 303 g/mol. The van der Waals surface area contributed by atoms with Gasteiger partial charge in [-0.1, -0.05) is 0 Å².